The summed E-state index contributed by atoms with van der Waals surface area (Å²) in [6.07, 6.45) is 0.537. The number of carbonyl (C=O) groups excluding carboxylic acids is 3. The van der Waals surface area contributed by atoms with Gasteiger partial charge in [-0.25, -0.2) is 0 Å². The first kappa shape index (κ1) is 19.7. The zero-order valence-electron chi connectivity index (χ0n) is 16.4. The first-order chi connectivity index (χ1) is 14.5. The number of imide groups is 1. The number of ketones is 1. The number of Topliss-reactive ketones (excluding diaryl/α,β-unsaturated/α-hetero) is 1. The normalized spacial score (nSPS) is 16.6. The maximum Gasteiger partial charge on any atom is 0.264 e. The molecule has 0 bridgehead atoms. The standard InChI is InChI=1S/C22H19N3O5/c1-3-12(11-30-2)25-21(28)15-9-6-10-16(17(15)22(25)29)23-24-18-19(26)13-7-4-5-8-14(13)20(18)27/h4-10,12,26H,3,11H2,1-2H3/p-1. The molecule has 2 aromatic rings. The van der Waals surface area contributed by atoms with E-state index in [0.29, 0.717) is 6.42 Å². The number of rotatable bonds is 6. The van der Waals surface area contributed by atoms with Crippen molar-refractivity contribution >= 4 is 29.0 Å². The fourth-order valence-corrected chi connectivity index (χ4v) is 3.70. The Labute approximate surface area is 172 Å². The molecule has 2 aliphatic rings. The van der Waals surface area contributed by atoms with Gasteiger partial charge in [-0.15, -0.1) is 10.2 Å². The Balaban J connectivity index is 1.70. The molecule has 0 saturated heterocycles. The summed E-state index contributed by atoms with van der Waals surface area (Å²) < 4.78 is 5.14. The summed E-state index contributed by atoms with van der Waals surface area (Å²) in [5.74, 6) is -1.95. The maximum atomic E-state index is 13.0. The van der Waals surface area contributed by atoms with Gasteiger partial charge in [0, 0.05) is 12.7 Å². The number of methoxy groups -OCH3 is 1. The lowest BCUT2D eigenvalue weighted by molar-refractivity contribution is -0.244. The highest BCUT2D eigenvalue weighted by Gasteiger charge is 2.41. The van der Waals surface area contributed by atoms with Crippen LogP contribution in [0.5, 0.6) is 0 Å². The van der Waals surface area contributed by atoms with Crippen LogP contribution in [-0.2, 0) is 4.74 Å². The number of fused-ring (bicyclic) bond motifs is 2. The topological polar surface area (TPSA) is 111 Å². The number of hydrogen-bond donors (Lipinski definition) is 0. The van der Waals surface area contributed by atoms with Crippen molar-refractivity contribution in [2.75, 3.05) is 13.7 Å². The van der Waals surface area contributed by atoms with Crippen molar-refractivity contribution in [3.05, 3.63) is 70.4 Å². The third kappa shape index (κ3) is 2.93. The van der Waals surface area contributed by atoms with Gasteiger partial charge in [-0.1, -0.05) is 43.0 Å². The molecule has 152 valence electrons. The van der Waals surface area contributed by atoms with Gasteiger partial charge >= 0.3 is 0 Å². The van der Waals surface area contributed by atoms with Gasteiger partial charge in [-0.2, -0.15) is 0 Å². The molecule has 0 saturated carbocycles. The number of carbonyl (C=O) groups is 3. The Bertz CT molecular complexity index is 1140. The zero-order chi connectivity index (χ0) is 21.4. The minimum Gasteiger partial charge on any atom is -0.870 e. The largest absolute Gasteiger partial charge is 0.870 e. The summed E-state index contributed by atoms with van der Waals surface area (Å²) in [6.45, 7) is 2.08. The van der Waals surface area contributed by atoms with E-state index < -0.39 is 29.4 Å². The molecule has 1 aliphatic heterocycles. The van der Waals surface area contributed by atoms with E-state index in [1.165, 1.54) is 18.1 Å². The lowest BCUT2D eigenvalue weighted by atomic mass is 10.1. The molecule has 2 aromatic carbocycles. The molecule has 1 atom stereocenters. The van der Waals surface area contributed by atoms with Gasteiger partial charge in [-0.05, 0) is 24.1 Å². The first-order valence-corrected chi connectivity index (χ1v) is 9.46. The van der Waals surface area contributed by atoms with Crippen LogP contribution in [0, 0.1) is 0 Å². The molecule has 1 unspecified atom stereocenters. The van der Waals surface area contributed by atoms with E-state index in [-0.39, 0.29) is 40.2 Å². The number of hydrogen-bond acceptors (Lipinski definition) is 7. The minimum atomic E-state index is -0.512. The first-order valence-electron chi connectivity index (χ1n) is 9.46. The molecule has 0 N–H and O–H groups in total. The van der Waals surface area contributed by atoms with Crippen LogP contribution in [0.4, 0.5) is 5.69 Å². The number of nitrogens with zero attached hydrogens (tertiary/aromatic N) is 3. The van der Waals surface area contributed by atoms with Crippen molar-refractivity contribution < 1.29 is 24.2 Å². The summed E-state index contributed by atoms with van der Waals surface area (Å²) in [7, 11) is 1.51. The summed E-state index contributed by atoms with van der Waals surface area (Å²) >= 11 is 0. The minimum absolute atomic E-state index is 0.108. The molecule has 1 aliphatic carbocycles. The van der Waals surface area contributed by atoms with E-state index >= 15 is 0 Å². The number of amides is 2. The van der Waals surface area contributed by atoms with Gasteiger partial charge in [-0.3, -0.25) is 19.3 Å². The third-order valence-corrected chi connectivity index (χ3v) is 5.22. The molecule has 30 heavy (non-hydrogen) atoms. The van der Waals surface area contributed by atoms with Crippen LogP contribution in [0.25, 0.3) is 5.76 Å². The molecule has 0 fully saturated rings. The molecular formula is C22H18N3O5-. The zero-order valence-corrected chi connectivity index (χ0v) is 16.4. The highest BCUT2D eigenvalue weighted by atomic mass is 16.5. The van der Waals surface area contributed by atoms with E-state index in [1.54, 1.807) is 36.4 Å². The molecule has 0 aromatic heterocycles. The molecule has 0 radical (unpaired) electrons. The lowest BCUT2D eigenvalue weighted by Crippen LogP contribution is -2.42. The molecular weight excluding hydrogens is 386 g/mol. The second-order valence-corrected chi connectivity index (χ2v) is 6.95. The predicted octanol–water partition coefficient (Wildman–Crippen LogP) is 2.72. The summed E-state index contributed by atoms with van der Waals surface area (Å²) in [5.41, 5.74) is 0.688. The Morgan fingerprint density at radius 2 is 1.67 bits per heavy atom. The molecule has 8 nitrogen and oxygen atoms in total. The second kappa shape index (κ2) is 7.64. The van der Waals surface area contributed by atoms with Gasteiger partial charge in [0.2, 0.25) is 5.78 Å². The monoisotopic (exact) mass is 404 g/mol. The van der Waals surface area contributed by atoms with E-state index in [0.717, 1.165) is 0 Å². The average molecular weight is 404 g/mol. The van der Waals surface area contributed by atoms with Crippen molar-refractivity contribution in [1.82, 2.24) is 4.90 Å². The molecule has 1 heterocycles. The van der Waals surface area contributed by atoms with Crippen LogP contribution >= 0.6 is 0 Å². The smallest absolute Gasteiger partial charge is 0.264 e. The summed E-state index contributed by atoms with van der Waals surface area (Å²) in [4.78, 5) is 39.5. The number of azo groups is 1. The van der Waals surface area contributed by atoms with Gasteiger partial charge in [0.1, 0.15) is 5.70 Å². The van der Waals surface area contributed by atoms with Crippen molar-refractivity contribution in [2.45, 2.75) is 19.4 Å². The van der Waals surface area contributed by atoms with Gasteiger partial charge in [0.15, 0.2) is 0 Å². The van der Waals surface area contributed by atoms with Crippen molar-refractivity contribution in [2.24, 2.45) is 10.2 Å². The third-order valence-electron chi connectivity index (χ3n) is 5.22. The average Bonchev–Trinajstić information content (AvgIpc) is 3.16. The predicted molar refractivity (Wildman–Crippen MR) is 105 cm³/mol. The van der Waals surface area contributed by atoms with E-state index in [2.05, 4.69) is 10.2 Å². The van der Waals surface area contributed by atoms with Gasteiger partial charge < -0.3 is 9.84 Å². The van der Waals surface area contributed by atoms with Crippen LogP contribution in [0.3, 0.4) is 0 Å². The highest BCUT2D eigenvalue weighted by molar-refractivity contribution is 6.23. The van der Waals surface area contributed by atoms with Crippen LogP contribution < -0.4 is 5.11 Å². The van der Waals surface area contributed by atoms with Crippen molar-refractivity contribution in [1.29, 1.82) is 0 Å². The Morgan fingerprint density at radius 3 is 2.33 bits per heavy atom. The number of ether oxygens (including phenoxy) is 1. The highest BCUT2D eigenvalue weighted by Crippen LogP contribution is 2.35. The van der Waals surface area contributed by atoms with E-state index in [9.17, 15) is 19.5 Å². The SMILES string of the molecule is CCC(COC)N1C(=O)c2cccc(N=NC3=C([O-])c4ccccc4C3=O)c2C1=O. The van der Waals surface area contributed by atoms with Crippen LogP contribution in [0.1, 0.15) is 50.0 Å². The number of benzene rings is 2. The summed E-state index contributed by atoms with van der Waals surface area (Å²) in [5, 5.41) is 20.4. The van der Waals surface area contributed by atoms with E-state index in [1.807, 2.05) is 6.92 Å². The molecule has 2 amide bonds. The van der Waals surface area contributed by atoms with E-state index in [4.69, 9.17) is 4.74 Å². The van der Waals surface area contributed by atoms with Gasteiger partial charge in [0.05, 0.1) is 29.5 Å². The van der Waals surface area contributed by atoms with Crippen LogP contribution in [0.15, 0.2) is 58.4 Å². The van der Waals surface area contributed by atoms with Crippen LogP contribution in [0.2, 0.25) is 0 Å². The second-order valence-electron chi connectivity index (χ2n) is 6.95. The fourth-order valence-electron chi connectivity index (χ4n) is 3.70. The molecule has 0 spiro atoms. The van der Waals surface area contributed by atoms with Crippen molar-refractivity contribution in [3.63, 3.8) is 0 Å². The fraction of sp³-hybridized carbons (Fsp3) is 0.227. The molecule has 4 rings (SSSR count). The Kier molecular flexibility index (Phi) is 5.01. The quantitative estimate of drug-likeness (QED) is 0.543. The number of allylic oxidation sites excluding steroid dienone is 1. The van der Waals surface area contributed by atoms with Crippen LogP contribution in [-0.4, -0.2) is 42.3 Å². The maximum absolute atomic E-state index is 13.0. The summed E-state index contributed by atoms with van der Waals surface area (Å²) in [6, 6.07) is 10.7. The Hall–Kier alpha value is -3.65. The van der Waals surface area contributed by atoms with Gasteiger partial charge in [0.25, 0.3) is 11.8 Å². The van der Waals surface area contributed by atoms with Crippen molar-refractivity contribution in [3.8, 4) is 0 Å². The Morgan fingerprint density at radius 1 is 0.967 bits per heavy atom. The lowest BCUT2D eigenvalue weighted by Gasteiger charge is -2.24. The molecule has 8 heteroatoms.